The number of rotatable bonds is 5. The third-order valence-electron chi connectivity index (χ3n) is 12.1. The first-order valence-corrected chi connectivity index (χ1v) is 19.7. The number of nitrogens with zero attached hydrogens (tertiary/aromatic N) is 1. The van der Waals surface area contributed by atoms with Gasteiger partial charge in [-0.25, -0.2) is 0 Å². The number of fused-ring (bicyclic) bond motifs is 9. The van der Waals surface area contributed by atoms with Gasteiger partial charge in [-0.2, -0.15) is 0 Å². The molecule has 2 nitrogen and oxygen atoms in total. The summed E-state index contributed by atoms with van der Waals surface area (Å²) >= 11 is 0. The lowest BCUT2D eigenvalue weighted by Gasteiger charge is -2.16. The molecule has 2 aromatic heterocycles. The van der Waals surface area contributed by atoms with Crippen LogP contribution >= 0.6 is 0 Å². The second-order valence-electron chi connectivity index (χ2n) is 15.2. The number of hydrogen-bond donors (Lipinski definition) is 0. The average molecular weight is 726 g/mol. The molecule has 12 rings (SSSR count). The van der Waals surface area contributed by atoms with Crippen LogP contribution in [0.25, 0.3) is 93.9 Å². The van der Waals surface area contributed by atoms with Gasteiger partial charge in [0.05, 0.1) is 11.0 Å². The van der Waals surface area contributed by atoms with Crippen LogP contribution in [0, 0.1) is 0 Å². The molecule has 0 fully saturated rings. The van der Waals surface area contributed by atoms with Crippen molar-refractivity contribution in [2.75, 3.05) is 0 Å². The van der Waals surface area contributed by atoms with Crippen LogP contribution in [-0.4, -0.2) is 4.57 Å². The van der Waals surface area contributed by atoms with Crippen LogP contribution in [0.5, 0.6) is 0 Å². The van der Waals surface area contributed by atoms with Crippen molar-refractivity contribution in [1.82, 2.24) is 4.57 Å². The number of hydrogen-bond acceptors (Lipinski definition) is 1. The Balaban J connectivity index is 0.916. The summed E-state index contributed by atoms with van der Waals surface area (Å²) in [5.74, 6) is 0.208. The van der Waals surface area contributed by atoms with Crippen molar-refractivity contribution in [3.63, 3.8) is 0 Å². The largest absolute Gasteiger partial charge is 0.456 e. The van der Waals surface area contributed by atoms with Crippen LogP contribution in [-0.2, 0) is 0 Å². The first kappa shape index (κ1) is 31.9. The standard InChI is InChI=1S/C55H35NO/c1-2-11-38(12-3-1)54-46-15-5-4-13-43(46)44-31-27-40(34-49(44)54)42-17-10-19-51-55(42)47-16-6-8-18-50(47)56(51)41-29-25-36(26-30-41)35-21-23-37(24-22-35)39-28-32-53-48(33-39)45-14-7-9-20-52(45)57-53/h1-34,54H. The highest BCUT2D eigenvalue weighted by molar-refractivity contribution is 6.16. The average Bonchev–Trinajstić information content (AvgIpc) is 3.94. The van der Waals surface area contributed by atoms with Gasteiger partial charge in [-0.05, 0) is 110 Å². The summed E-state index contributed by atoms with van der Waals surface area (Å²) in [7, 11) is 0. The highest BCUT2D eigenvalue weighted by Gasteiger charge is 2.30. The minimum atomic E-state index is 0.208. The predicted octanol–water partition coefficient (Wildman–Crippen LogP) is 14.8. The maximum Gasteiger partial charge on any atom is 0.135 e. The second kappa shape index (κ2) is 12.6. The van der Waals surface area contributed by atoms with E-state index < -0.39 is 0 Å². The van der Waals surface area contributed by atoms with Crippen molar-refractivity contribution >= 4 is 43.7 Å². The van der Waals surface area contributed by atoms with Gasteiger partial charge in [-0.15, -0.1) is 0 Å². The molecule has 0 bridgehead atoms. The summed E-state index contributed by atoms with van der Waals surface area (Å²) in [6.45, 7) is 0. The molecular weight excluding hydrogens is 691 g/mol. The van der Waals surface area contributed by atoms with E-state index in [0.29, 0.717) is 0 Å². The molecule has 0 amide bonds. The van der Waals surface area contributed by atoms with Crippen LogP contribution in [0.15, 0.2) is 211 Å². The van der Waals surface area contributed by atoms with Crippen molar-refractivity contribution in [3.8, 4) is 50.2 Å². The van der Waals surface area contributed by atoms with Crippen LogP contribution in [0.3, 0.4) is 0 Å². The van der Waals surface area contributed by atoms with Gasteiger partial charge >= 0.3 is 0 Å². The van der Waals surface area contributed by atoms with Gasteiger partial charge in [-0.1, -0.05) is 158 Å². The van der Waals surface area contributed by atoms with E-state index >= 15 is 0 Å². The molecule has 0 aliphatic heterocycles. The fourth-order valence-corrected chi connectivity index (χ4v) is 9.48. The van der Waals surface area contributed by atoms with Gasteiger partial charge < -0.3 is 8.98 Å². The second-order valence-corrected chi connectivity index (χ2v) is 15.2. The third-order valence-corrected chi connectivity index (χ3v) is 12.1. The Hall–Kier alpha value is -7.42. The van der Waals surface area contributed by atoms with E-state index in [2.05, 4.69) is 199 Å². The molecule has 0 saturated heterocycles. The van der Waals surface area contributed by atoms with E-state index in [0.717, 1.165) is 27.6 Å². The maximum atomic E-state index is 6.07. The minimum Gasteiger partial charge on any atom is -0.456 e. The summed E-state index contributed by atoms with van der Waals surface area (Å²) in [6.07, 6.45) is 0. The van der Waals surface area contributed by atoms with E-state index in [1.807, 2.05) is 12.1 Å². The molecule has 1 aliphatic rings. The van der Waals surface area contributed by atoms with Crippen molar-refractivity contribution in [2.24, 2.45) is 0 Å². The van der Waals surface area contributed by atoms with E-state index in [4.69, 9.17) is 4.42 Å². The van der Waals surface area contributed by atoms with Crippen molar-refractivity contribution in [1.29, 1.82) is 0 Å². The summed E-state index contributed by atoms with van der Waals surface area (Å²) in [5.41, 5.74) is 19.4. The summed E-state index contributed by atoms with van der Waals surface area (Å²) in [5, 5.41) is 4.83. The van der Waals surface area contributed by atoms with Crippen molar-refractivity contribution < 1.29 is 4.42 Å². The Morgan fingerprint density at radius 3 is 1.79 bits per heavy atom. The highest BCUT2D eigenvalue weighted by Crippen LogP contribution is 2.50. The van der Waals surface area contributed by atoms with Crippen LogP contribution in [0.2, 0.25) is 0 Å². The Morgan fingerprint density at radius 1 is 0.351 bits per heavy atom. The lowest BCUT2D eigenvalue weighted by atomic mass is 9.87. The number of benzene rings is 9. The molecule has 2 heteroatoms. The van der Waals surface area contributed by atoms with Gasteiger partial charge in [0.15, 0.2) is 0 Å². The fraction of sp³-hybridized carbons (Fsp3) is 0.0182. The van der Waals surface area contributed by atoms with Gasteiger partial charge in [0.1, 0.15) is 11.2 Å². The predicted molar refractivity (Wildman–Crippen MR) is 237 cm³/mol. The summed E-state index contributed by atoms with van der Waals surface area (Å²) in [4.78, 5) is 0. The molecule has 0 N–H and O–H groups in total. The number of para-hydroxylation sites is 2. The quantitative estimate of drug-likeness (QED) is 0.173. The Bertz CT molecular complexity index is 3330. The van der Waals surface area contributed by atoms with Crippen LogP contribution < -0.4 is 0 Å². The molecule has 0 saturated carbocycles. The molecule has 1 unspecified atom stereocenters. The normalized spacial score (nSPS) is 13.4. The molecule has 2 heterocycles. The smallest absolute Gasteiger partial charge is 0.135 e. The highest BCUT2D eigenvalue weighted by atomic mass is 16.3. The molecule has 266 valence electrons. The molecular formula is C55H35NO. The minimum absolute atomic E-state index is 0.208. The van der Waals surface area contributed by atoms with E-state index in [1.165, 1.54) is 83.0 Å². The van der Waals surface area contributed by atoms with Gasteiger partial charge in [0, 0.05) is 33.2 Å². The first-order valence-electron chi connectivity index (χ1n) is 19.7. The molecule has 0 radical (unpaired) electrons. The zero-order valence-electron chi connectivity index (χ0n) is 31.1. The first-order chi connectivity index (χ1) is 28.3. The van der Waals surface area contributed by atoms with Crippen molar-refractivity contribution in [3.05, 3.63) is 223 Å². The van der Waals surface area contributed by atoms with Gasteiger partial charge in [-0.3, -0.25) is 0 Å². The SMILES string of the molecule is c1ccc(C2c3ccccc3-c3ccc(-c4cccc5c4c4ccccc4n5-c4ccc(-c5ccc(-c6ccc7oc8ccccc8c7c6)cc5)cc4)cc32)cc1. The molecule has 0 spiro atoms. The molecule has 1 atom stereocenters. The summed E-state index contributed by atoms with van der Waals surface area (Å²) < 4.78 is 8.49. The van der Waals surface area contributed by atoms with E-state index in [1.54, 1.807) is 0 Å². The van der Waals surface area contributed by atoms with Gasteiger partial charge in [0.2, 0.25) is 0 Å². The van der Waals surface area contributed by atoms with E-state index in [9.17, 15) is 0 Å². The topological polar surface area (TPSA) is 18.1 Å². The summed E-state index contributed by atoms with van der Waals surface area (Å²) in [6, 6.07) is 75.2. The lowest BCUT2D eigenvalue weighted by Crippen LogP contribution is -1.99. The zero-order valence-corrected chi connectivity index (χ0v) is 31.1. The van der Waals surface area contributed by atoms with Crippen LogP contribution in [0.1, 0.15) is 22.6 Å². The maximum absolute atomic E-state index is 6.07. The van der Waals surface area contributed by atoms with Gasteiger partial charge in [0.25, 0.3) is 0 Å². The Labute approximate surface area is 330 Å². The third kappa shape index (κ3) is 4.97. The molecule has 9 aromatic carbocycles. The lowest BCUT2D eigenvalue weighted by molar-refractivity contribution is 0.669. The number of furan rings is 1. The molecule has 11 aromatic rings. The monoisotopic (exact) mass is 725 g/mol. The fourth-order valence-electron chi connectivity index (χ4n) is 9.48. The molecule has 57 heavy (non-hydrogen) atoms. The van der Waals surface area contributed by atoms with E-state index in [-0.39, 0.29) is 5.92 Å². The Morgan fingerprint density at radius 2 is 0.947 bits per heavy atom. The molecule has 1 aliphatic carbocycles. The Kier molecular flexibility index (Phi) is 7.02. The van der Waals surface area contributed by atoms with Crippen molar-refractivity contribution in [2.45, 2.75) is 5.92 Å². The zero-order chi connectivity index (χ0) is 37.5. The number of aromatic nitrogens is 1. The van der Waals surface area contributed by atoms with Crippen LogP contribution in [0.4, 0.5) is 0 Å².